The molecule has 1 aromatic heterocycles. The van der Waals surface area contributed by atoms with E-state index in [0.29, 0.717) is 6.07 Å². The summed E-state index contributed by atoms with van der Waals surface area (Å²) in [6, 6.07) is 2.48. The molecule has 0 saturated carbocycles. The van der Waals surface area contributed by atoms with Crippen LogP contribution in [-0.4, -0.2) is 16.1 Å². The van der Waals surface area contributed by atoms with Crippen molar-refractivity contribution < 1.29 is 18.0 Å². The molecule has 0 aliphatic heterocycles. The average molecular weight is 257 g/mol. The highest BCUT2D eigenvalue weighted by Crippen LogP contribution is 2.19. The van der Waals surface area contributed by atoms with E-state index in [1.54, 1.807) is 0 Å². The monoisotopic (exact) mass is 257 g/mol. The second-order valence-electron chi connectivity index (χ2n) is 3.35. The van der Waals surface area contributed by atoms with E-state index < -0.39 is 34.6 Å². The largest absolute Gasteiger partial charge is 0.318 e. The first-order valence-corrected chi connectivity index (χ1v) is 4.71. The van der Waals surface area contributed by atoms with Gasteiger partial charge >= 0.3 is 0 Å². The molecule has 0 aliphatic rings. The first kappa shape index (κ1) is 12.0. The number of carbonyl (C=O) groups excluding carboxylic acids is 1. The van der Waals surface area contributed by atoms with E-state index in [4.69, 9.17) is 0 Å². The molecule has 0 saturated heterocycles. The second-order valence-corrected chi connectivity index (χ2v) is 3.35. The van der Waals surface area contributed by atoms with E-state index in [2.05, 4.69) is 10.2 Å². The molecule has 0 bridgehead atoms. The predicted molar refractivity (Wildman–Crippen MR) is 55.7 cm³/mol. The summed E-state index contributed by atoms with van der Waals surface area (Å²) in [5.74, 6) is -5.42. The Bertz CT molecular complexity index is 663. The van der Waals surface area contributed by atoms with Crippen LogP contribution in [0.15, 0.2) is 23.0 Å². The van der Waals surface area contributed by atoms with Gasteiger partial charge in [0.2, 0.25) is 0 Å². The van der Waals surface area contributed by atoms with Gasteiger partial charge in [0.05, 0.1) is 5.69 Å². The number of anilines is 1. The Morgan fingerprint density at radius 1 is 1.11 bits per heavy atom. The molecule has 8 heteroatoms. The first-order valence-electron chi connectivity index (χ1n) is 4.71. The Kier molecular flexibility index (Phi) is 2.92. The average Bonchev–Trinajstić information content (AvgIpc) is 2.77. The molecule has 3 N–H and O–H groups in total. The number of hydrogen-bond acceptors (Lipinski definition) is 2. The number of nitrogens with one attached hydrogen (secondary N) is 3. The second kappa shape index (κ2) is 4.40. The minimum atomic E-state index is -1.68. The van der Waals surface area contributed by atoms with E-state index in [-0.39, 0.29) is 5.69 Å². The molecule has 1 heterocycles. The van der Waals surface area contributed by atoms with Crippen LogP contribution >= 0.6 is 0 Å². The van der Waals surface area contributed by atoms with Crippen molar-refractivity contribution in [3.63, 3.8) is 0 Å². The van der Waals surface area contributed by atoms with Gasteiger partial charge in [-0.05, 0) is 12.1 Å². The molecule has 18 heavy (non-hydrogen) atoms. The maximum atomic E-state index is 13.2. The summed E-state index contributed by atoms with van der Waals surface area (Å²) in [5, 5.41) is 6.33. The molecule has 0 fully saturated rings. The Morgan fingerprint density at radius 2 is 1.83 bits per heavy atom. The van der Waals surface area contributed by atoms with Gasteiger partial charge in [-0.1, -0.05) is 0 Å². The smallest absolute Gasteiger partial charge is 0.273 e. The normalized spacial score (nSPS) is 10.4. The lowest BCUT2D eigenvalue weighted by Crippen LogP contribution is -2.14. The fraction of sp³-hybridized carbons (Fsp3) is 0. The Morgan fingerprint density at radius 3 is 2.44 bits per heavy atom. The number of H-pyrrole nitrogens is 2. The van der Waals surface area contributed by atoms with Gasteiger partial charge < -0.3 is 5.32 Å². The third-order valence-electron chi connectivity index (χ3n) is 2.12. The third-order valence-corrected chi connectivity index (χ3v) is 2.12. The Balaban J connectivity index is 2.27. The summed E-state index contributed by atoms with van der Waals surface area (Å²) >= 11 is 0. The van der Waals surface area contributed by atoms with E-state index in [1.165, 1.54) is 0 Å². The minimum absolute atomic E-state index is 0.163. The quantitative estimate of drug-likeness (QED) is 0.710. The number of amides is 1. The van der Waals surface area contributed by atoms with Crippen molar-refractivity contribution in [3.8, 4) is 0 Å². The molecule has 2 rings (SSSR count). The summed E-state index contributed by atoms with van der Waals surface area (Å²) in [4.78, 5) is 22.3. The molecule has 0 atom stereocenters. The number of aromatic nitrogens is 2. The van der Waals surface area contributed by atoms with E-state index in [0.717, 1.165) is 12.1 Å². The summed E-state index contributed by atoms with van der Waals surface area (Å²) in [6.45, 7) is 0. The maximum Gasteiger partial charge on any atom is 0.273 e. The maximum absolute atomic E-state index is 13.2. The number of carbonyl (C=O) groups is 1. The van der Waals surface area contributed by atoms with Gasteiger partial charge in [0, 0.05) is 6.07 Å². The number of hydrogen-bond donors (Lipinski definition) is 3. The number of aromatic amines is 2. The van der Waals surface area contributed by atoms with Crippen LogP contribution in [0.25, 0.3) is 0 Å². The molecule has 0 spiro atoms. The molecule has 0 aliphatic carbocycles. The highest BCUT2D eigenvalue weighted by atomic mass is 19.2. The van der Waals surface area contributed by atoms with Crippen LogP contribution < -0.4 is 10.9 Å². The van der Waals surface area contributed by atoms with Gasteiger partial charge in [-0.25, -0.2) is 13.2 Å². The SMILES string of the molecule is O=C(Nc1ccc(F)c(F)c1F)c1cc(=O)[nH][nH]1. The number of halogens is 3. The summed E-state index contributed by atoms with van der Waals surface area (Å²) < 4.78 is 38.8. The highest BCUT2D eigenvalue weighted by Gasteiger charge is 2.16. The van der Waals surface area contributed by atoms with Crippen LogP contribution in [0.1, 0.15) is 10.5 Å². The van der Waals surface area contributed by atoms with Crippen molar-refractivity contribution in [3.05, 3.63) is 51.7 Å². The number of rotatable bonds is 2. The van der Waals surface area contributed by atoms with Crippen LogP contribution in [0.3, 0.4) is 0 Å². The van der Waals surface area contributed by atoms with Gasteiger partial charge in [0.1, 0.15) is 5.69 Å². The Hall–Kier alpha value is -2.51. The summed E-state index contributed by atoms with van der Waals surface area (Å²) in [6.07, 6.45) is 0. The molecular formula is C10H6F3N3O2. The first-order chi connectivity index (χ1) is 8.49. The zero-order chi connectivity index (χ0) is 13.3. The van der Waals surface area contributed by atoms with Gasteiger partial charge in [-0.2, -0.15) is 0 Å². The van der Waals surface area contributed by atoms with Crippen molar-refractivity contribution in [2.24, 2.45) is 0 Å². The van der Waals surface area contributed by atoms with E-state index in [9.17, 15) is 22.8 Å². The Labute approximate surface area is 97.6 Å². The third kappa shape index (κ3) is 2.12. The van der Waals surface area contributed by atoms with Gasteiger partial charge in [-0.3, -0.25) is 19.8 Å². The van der Waals surface area contributed by atoms with E-state index in [1.807, 2.05) is 5.32 Å². The fourth-order valence-electron chi connectivity index (χ4n) is 1.27. The van der Waals surface area contributed by atoms with Crippen LogP contribution in [0, 0.1) is 17.5 Å². The van der Waals surface area contributed by atoms with Crippen molar-refractivity contribution in [1.82, 2.24) is 10.2 Å². The van der Waals surface area contributed by atoms with Crippen LogP contribution in [0.2, 0.25) is 0 Å². The molecule has 0 radical (unpaired) electrons. The van der Waals surface area contributed by atoms with Gasteiger partial charge in [-0.15, -0.1) is 0 Å². The molecule has 1 amide bonds. The fourth-order valence-corrected chi connectivity index (χ4v) is 1.27. The molecular weight excluding hydrogens is 251 g/mol. The van der Waals surface area contributed by atoms with Gasteiger partial charge in [0.15, 0.2) is 17.5 Å². The molecule has 1 aromatic carbocycles. The van der Waals surface area contributed by atoms with Crippen molar-refractivity contribution >= 4 is 11.6 Å². The number of benzene rings is 1. The molecule has 0 unspecified atom stereocenters. The lowest BCUT2D eigenvalue weighted by molar-refractivity contribution is 0.102. The lowest BCUT2D eigenvalue weighted by Gasteiger charge is -2.05. The van der Waals surface area contributed by atoms with Crippen LogP contribution in [0.5, 0.6) is 0 Å². The zero-order valence-corrected chi connectivity index (χ0v) is 8.68. The van der Waals surface area contributed by atoms with Crippen LogP contribution in [-0.2, 0) is 0 Å². The molecule has 94 valence electrons. The lowest BCUT2D eigenvalue weighted by atomic mass is 10.2. The topological polar surface area (TPSA) is 77.8 Å². The van der Waals surface area contributed by atoms with Crippen LogP contribution in [0.4, 0.5) is 18.9 Å². The standard InChI is InChI=1S/C10H6F3N3O2/c11-4-1-2-5(9(13)8(4)12)14-10(18)6-3-7(17)16-15-6/h1-3H,(H,14,18)(H2,15,16,17). The van der Waals surface area contributed by atoms with E-state index >= 15 is 0 Å². The van der Waals surface area contributed by atoms with Crippen molar-refractivity contribution in [2.75, 3.05) is 5.32 Å². The highest BCUT2D eigenvalue weighted by molar-refractivity contribution is 6.02. The summed E-state index contributed by atoms with van der Waals surface area (Å²) in [5.41, 5.74) is -1.24. The van der Waals surface area contributed by atoms with Crippen molar-refractivity contribution in [2.45, 2.75) is 0 Å². The van der Waals surface area contributed by atoms with Crippen molar-refractivity contribution in [1.29, 1.82) is 0 Å². The summed E-state index contributed by atoms with van der Waals surface area (Å²) in [7, 11) is 0. The molecule has 2 aromatic rings. The minimum Gasteiger partial charge on any atom is -0.318 e. The van der Waals surface area contributed by atoms with Gasteiger partial charge in [0.25, 0.3) is 11.5 Å². The molecule has 5 nitrogen and oxygen atoms in total. The predicted octanol–water partition coefficient (Wildman–Crippen LogP) is 1.37. The zero-order valence-electron chi connectivity index (χ0n) is 8.68.